The average molecular weight is 403 g/mol. The highest BCUT2D eigenvalue weighted by atomic mass is 79.9. The first-order valence-electron chi connectivity index (χ1n) is 5.86. The summed E-state index contributed by atoms with van der Waals surface area (Å²) in [6.45, 7) is 0.570. The minimum atomic E-state index is 0.281. The van der Waals surface area contributed by atoms with Crippen LogP contribution >= 0.6 is 31.9 Å². The molecule has 7 heteroatoms. The van der Waals surface area contributed by atoms with E-state index in [2.05, 4.69) is 41.8 Å². The van der Waals surface area contributed by atoms with Crippen molar-refractivity contribution in [2.75, 3.05) is 13.7 Å². The van der Waals surface area contributed by atoms with Crippen LogP contribution in [0.3, 0.4) is 0 Å². The molecule has 0 amide bonds. The highest BCUT2D eigenvalue weighted by molar-refractivity contribution is 9.11. The molecule has 0 unspecified atom stereocenters. The monoisotopic (exact) mass is 401 g/mol. The third-order valence-electron chi connectivity index (χ3n) is 2.52. The van der Waals surface area contributed by atoms with E-state index < -0.39 is 0 Å². The van der Waals surface area contributed by atoms with Crippen molar-refractivity contribution in [1.29, 1.82) is 0 Å². The van der Waals surface area contributed by atoms with Crippen molar-refractivity contribution in [2.24, 2.45) is 5.73 Å². The molecule has 0 saturated heterocycles. The fourth-order valence-corrected chi connectivity index (χ4v) is 2.42. The normalized spacial score (nSPS) is 10.4. The molecule has 0 bridgehead atoms. The van der Waals surface area contributed by atoms with E-state index >= 15 is 0 Å². The van der Waals surface area contributed by atoms with E-state index in [1.807, 2.05) is 6.07 Å². The number of methoxy groups -OCH3 is 1. The van der Waals surface area contributed by atoms with Crippen molar-refractivity contribution >= 4 is 31.9 Å². The first-order valence-corrected chi connectivity index (χ1v) is 7.44. The van der Waals surface area contributed by atoms with Crippen LogP contribution in [0.4, 0.5) is 0 Å². The molecule has 0 spiro atoms. The molecule has 2 aromatic rings. The standard InChI is InChI=1S/C13H13Br2N3O2/c1-19-11-4-10(15)12(5-9(11)14)20-13-17-6-8(2-3-16)7-18-13/h4-7H,2-3,16H2,1H3. The Balaban J connectivity index is 2.19. The molecule has 2 rings (SSSR count). The van der Waals surface area contributed by atoms with Crippen molar-refractivity contribution in [3.63, 3.8) is 0 Å². The number of halogens is 2. The Hall–Kier alpha value is -1.18. The molecule has 20 heavy (non-hydrogen) atoms. The number of nitrogens with zero attached hydrogens (tertiary/aromatic N) is 2. The zero-order chi connectivity index (χ0) is 14.5. The van der Waals surface area contributed by atoms with Crippen LogP contribution in [0.25, 0.3) is 0 Å². The molecule has 2 N–H and O–H groups in total. The molecule has 0 aliphatic carbocycles. The Bertz CT molecular complexity index is 591. The van der Waals surface area contributed by atoms with Crippen LogP contribution in [-0.4, -0.2) is 23.6 Å². The summed E-state index contributed by atoms with van der Waals surface area (Å²) in [4.78, 5) is 8.30. The van der Waals surface area contributed by atoms with E-state index in [0.29, 0.717) is 18.0 Å². The molecule has 1 heterocycles. The second kappa shape index (κ2) is 7.01. The van der Waals surface area contributed by atoms with E-state index in [4.69, 9.17) is 15.2 Å². The first-order chi connectivity index (χ1) is 9.63. The van der Waals surface area contributed by atoms with Crippen molar-refractivity contribution in [1.82, 2.24) is 9.97 Å². The predicted molar refractivity (Wildman–Crippen MR) is 83.3 cm³/mol. The Labute approximate surface area is 133 Å². The summed E-state index contributed by atoms with van der Waals surface area (Å²) >= 11 is 6.83. The smallest absolute Gasteiger partial charge is 0.321 e. The van der Waals surface area contributed by atoms with E-state index in [1.54, 1.807) is 25.6 Å². The lowest BCUT2D eigenvalue weighted by Gasteiger charge is -2.09. The number of aromatic nitrogens is 2. The lowest BCUT2D eigenvalue weighted by atomic mass is 10.2. The van der Waals surface area contributed by atoms with Gasteiger partial charge in [0.25, 0.3) is 0 Å². The summed E-state index contributed by atoms with van der Waals surface area (Å²) in [5.74, 6) is 1.31. The number of rotatable bonds is 5. The van der Waals surface area contributed by atoms with Gasteiger partial charge in [0, 0.05) is 18.5 Å². The summed E-state index contributed by atoms with van der Waals surface area (Å²) in [6.07, 6.45) is 4.17. The fourth-order valence-electron chi connectivity index (χ4n) is 1.53. The summed E-state index contributed by atoms with van der Waals surface area (Å²) in [5, 5.41) is 0. The van der Waals surface area contributed by atoms with Gasteiger partial charge in [-0.2, -0.15) is 0 Å². The van der Waals surface area contributed by atoms with Crippen molar-refractivity contribution in [3.8, 4) is 17.5 Å². The Kier molecular flexibility index (Phi) is 5.33. The van der Waals surface area contributed by atoms with Crippen LogP contribution in [-0.2, 0) is 6.42 Å². The van der Waals surface area contributed by atoms with Crippen LogP contribution in [0.5, 0.6) is 17.5 Å². The van der Waals surface area contributed by atoms with Gasteiger partial charge in [0.2, 0.25) is 0 Å². The summed E-state index contributed by atoms with van der Waals surface area (Å²) in [5.41, 5.74) is 6.46. The van der Waals surface area contributed by atoms with Gasteiger partial charge in [0.15, 0.2) is 0 Å². The minimum Gasteiger partial charge on any atom is -0.496 e. The average Bonchev–Trinajstić information content (AvgIpc) is 2.45. The zero-order valence-corrected chi connectivity index (χ0v) is 13.9. The van der Waals surface area contributed by atoms with Crippen LogP contribution in [0.1, 0.15) is 5.56 Å². The van der Waals surface area contributed by atoms with Crippen LogP contribution in [0.2, 0.25) is 0 Å². The van der Waals surface area contributed by atoms with E-state index in [1.165, 1.54) is 0 Å². The van der Waals surface area contributed by atoms with Crippen LogP contribution in [0.15, 0.2) is 33.5 Å². The lowest BCUT2D eigenvalue weighted by Crippen LogP contribution is -2.03. The van der Waals surface area contributed by atoms with E-state index in [9.17, 15) is 0 Å². The topological polar surface area (TPSA) is 70.3 Å². The van der Waals surface area contributed by atoms with E-state index in [0.717, 1.165) is 20.9 Å². The molecule has 0 atom stereocenters. The molecule has 1 aromatic heterocycles. The Morgan fingerprint density at radius 1 is 1.10 bits per heavy atom. The molecule has 0 fully saturated rings. The Morgan fingerprint density at radius 2 is 1.70 bits per heavy atom. The number of hydrogen-bond donors (Lipinski definition) is 1. The minimum absolute atomic E-state index is 0.281. The van der Waals surface area contributed by atoms with Gasteiger partial charge in [-0.1, -0.05) is 0 Å². The van der Waals surface area contributed by atoms with Gasteiger partial charge in [-0.25, -0.2) is 9.97 Å². The fraction of sp³-hybridized carbons (Fsp3) is 0.231. The molecule has 1 aromatic carbocycles. The van der Waals surface area contributed by atoms with Crippen molar-refractivity contribution in [2.45, 2.75) is 6.42 Å². The maximum atomic E-state index is 5.64. The molecule has 0 aliphatic heterocycles. The quantitative estimate of drug-likeness (QED) is 0.830. The highest BCUT2D eigenvalue weighted by Crippen LogP contribution is 2.37. The molecule has 5 nitrogen and oxygen atoms in total. The zero-order valence-electron chi connectivity index (χ0n) is 10.8. The Morgan fingerprint density at radius 3 is 2.30 bits per heavy atom. The number of ether oxygens (including phenoxy) is 2. The summed E-state index contributed by atoms with van der Waals surface area (Å²) in [7, 11) is 1.60. The molecular weight excluding hydrogens is 390 g/mol. The molecular formula is C13H13Br2N3O2. The van der Waals surface area contributed by atoms with Crippen LogP contribution < -0.4 is 15.2 Å². The summed E-state index contributed by atoms with van der Waals surface area (Å²) < 4.78 is 12.4. The van der Waals surface area contributed by atoms with Gasteiger partial charge >= 0.3 is 6.01 Å². The van der Waals surface area contributed by atoms with Gasteiger partial charge in [-0.3, -0.25) is 0 Å². The SMILES string of the molecule is COc1cc(Br)c(Oc2ncc(CCN)cn2)cc1Br. The summed E-state index contributed by atoms with van der Waals surface area (Å²) in [6, 6.07) is 3.88. The number of benzene rings is 1. The molecule has 0 aliphatic rings. The van der Waals surface area contributed by atoms with Gasteiger partial charge in [-0.05, 0) is 56.5 Å². The second-order valence-electron chi connectivity index (χ2n) is 3.93. The van der Waals surface area contributed by atoms with Crippen molar-refractivity contribution in [3.05, 3.63) is 39.0 Å². The number of nitrogens with two attached hydrogens (primary N) is 1. The van der Waals surface area contributed by atoms with Crippen molar-refractivity contribution < 1.29 is 9.47 Å². The maximum Gasteiger partial charge on any atom is 0.321 e. The third kappa shape index (κ3) is 3.68. The van der Waals surface area contributed by atoms with Gasteiger partial charge in [-0.15, -0.1) is 0 Å². The first kappa shape index (κ1) is 15.2. The maximum absolute atomic E-state index is 5.64. The van der Waals surface area contributed by atoms with Gasteiger partial charge in [0.1, 0.15) is 11.5 Å². The van der Waals surface area contributed by atoms with Gasteiger partial charge < -0.3 is 15.2 Å². The lowest BCUT2D eigenvalue weighted by molar-refractivity contribution is 0.406. The van der Waals surface area contributed by atoms with Gasteiger partial charge in [0.05, 0.1) is 16.1 Å². The highest BCUT2D eigenvalue weighted by Gasteiger charge is 2.10. The predicted octanol–water partition coefficient (Wildman–Crippen LogP) is 3.30. The third-order valence-corrected chi connectivity index (χ3v) is 3.76. The van der Waals surface area contributed by atoms with E-state index in [-0.39, 0.29) is 6.01 Å². The second-order valence-corrected chi connectivity index (χ2v) is 5.64. The molecule has 106 valence electrons. The molecule has 0 saturated carbocycles. The largest absolute Gasteiger partial charge is 0.496 e. The number of hydrogen-bond acceptors (Lipinski definition) is 5. The molecule has 0 radical (unpaired) electrons. The van der Waals surface area contributed by atoms with Crippen LogP contribution in [0, 0.1) is 0 Å².